The van der Waals surface area contributed by atoms with Crippen molar-refractivity contribution in [2.24, 2.45) is 5.41 Å². The summed E-state index contributed by atoms with van der Waals surface area (Å²) in [4.78, 5) is 4.46. The first-order valence-electron chi connectivity index (χ1n) is 13.6. The van der Waals surface area contributed by atoms with Gasteiger partial charge in [-0.05, 0) is 60.9 Å². The molecule has 0 radical (unpaired) electrons. The number of pyridine rings is 1. The van der Waals surface area contributed by atoms with E-state index in [2.05, 4.69) is 38.9 Å². The van der Waals surface area contributed by atoms with Gasteiger partial charge in [0.2, 0.25) is 0 Å². The van der Waals surface area contributed by atoms with E-state index in [4.69, 9.17) is 16.3 Å². The molecule has 2 aromatic carbocycles. The van der Waals surface area contributed by atoms with Crippen molar-refractivity contribution >= 4 is 33.9 Å². The molecule has 0 spiro atoms. The third-order valence-corrected chi connectivity index (χ3v) is 7.81. The average Bonchev–Trinajstić information content (AvgIpc) is 3.68. The van der Waals surface area contributed by atoms with Crippen LogP contribution >= 0.6 is 11.6 Å². The van der Waals surface area contributed by atoms with Gasteiger partial charge in [-0.2, -0.15) is 5.26 Å². The summed E-state index contributed by atoms with van der Waals surface area (Å²) >= 11 is 6.73. The van der Waals surface area contributed by atoms with Crippen molar-refractivity contribution in [3.63, 3.8) is 0 Å². The Bertz CT molecular complexity index is 1590. The van der Waals surface area contributed by atoms with Gasteiger partial charge < -0.3 is 15.4 Å². The molecular weight excluding hydrogens is 517 g/mol. The summed E-state index contributed by atoms with van der Waals surface area (Å²) in [6, 6.07) is 10.2. The van der Waals surface area contributed by atoms with Crippen LogP contribution in [0.25, 0.3) is 10.9 Å². The molecule has 1 saturated carbocycles. The third-order valence-electron chi connectivity index (χ3n) is 7.53. The Morgan fingerprint density at radius 2 is 2.05 bits per heavy atom. The second kappa shape index (κ2) is 10.4. The second-order valence-corrected chi connectivity index (χ2v) is 11.0. The fourth-order valence-electron chi connectivity index (χ4n) is 4.90. The molecule has 2 aromatic heterocycles. The Hall–Kier alpha value is -3.74. The van der Waals surface area contributed by atoms with E-state index in [1.54, 1.807) is 29.1 Å². The minimum absolute atomic E-state index is 0.0204. The highest BCUT2D eigenvalue weighted by molar-refractivity contribution is 6.35. The number of ether oxygens (including phenoxy) is 1. The number of hydrogen-bond donors (Lipinski definition) is 2. The fraction of sp³-hybridized carbons (Fsp3) is 0.379. The molecule has 2 aliphatic rings. The molecule has 2 fully saturated rings. The number of rotatable bonds is 8. The Morgan fingerprint density at radius 3 is 2.77 bits per heavy atom. The highest BCUT2D eigenvalue weighted by Gasteiger charge is 2.29. The Kier molecular flexibility index (Phi) is 6.51. The van der Waals surface area contributed by atoms with Crippen LogP contribution in [0.5, 0.6) is 0 Å². The number of hydrogen-bond acceptors (Lipinski definition) is 7. The number of nitrogens with zero attached hydrogens (tertiary/aromatic N) is 5. The normalized spacial score (nSPS) is 18.7. The van der Waals surface area contributed by atoms with E-state index < -0.39 is 11.8 Å². The minimum Gasteiger partial charge on any atom is -0.383 e. The van der Waals surface area contributed by atoms with Crippen LogP contribution in [-0.2, 0) is 4.74 Å². The van der Waals surface area contributed by atoms with Crippen molar-refractivity contribution in [2.45, 2.75) is 44.7 Å². The smallest absolute Gasteiger partial charge is 0.123 e. The average molecular weight is 547 g/mol. The van der Waals surface area contributed by atoms with E-state index in [9.17, 15) is 11.0 Å². The lowest BCUT2D eigenvalue weighted by molar-refractivity contribution is 0.0300. The van der Waals surface area contributed by atoms with Gasteiger partial charge in [-0.1, -0.05) is 35.9 Å². The summed E-state index contributed by atoms with van der Waals surface area (Å²) in [6.07, 6.45) is 7.17. The maximum absolute atomic E-state index is 13.8. The van der Waals surface area contributed by atoms with Crippen molar-refractivity contribution in [1.29, 1.82) is 5.26 Å². The molecule has 1 atom stereocenters. The van der Waals surface area contributed by atoms with Gasteiger partial charge in [0.05, 0.1) is 41.4 Å². The molecule has 3 heterocycles. The Balaban J connectivity index is 1.41. The van der Waals surface area contributed by atoms with Crippen LogP contribution in [-0.4, -0.2) is 39.7 Å². The van der Waals surface area contributed by atoms with Crippen LogP contribution in [0.4, 0.5) is 15.8 Å². The summed E-state index contributed by atoms with van der Waals surface area (Å²) < 4.78 is 30.7. The van der Waals surface area contributed by atoms with Gasteiger partial charge in [-0.3, -0.25) is 4.98 Å². The number of aromatic nitrogens is 4. The first-order valence-corrected chi connectivity index (χ1v) is 13.5. The number of nitriles is 1. The van der Waals surface area contributed by atoms with E-state index in [0.29, 0.717) is 63.9 Å². The quantitative estimate of drug-likeness (QED) is 0.269. The predicted molar refractivity (Wildman–Crippen MR) is 148 cm³/mol. The Morgan fingerprint density at radius 1 is 1.28 bits per heavy atom. The van der Waals surface area contributed by atoms with Crippen molar-refractivity contribution in [3.05, 3.63) is 76.5 Å². The SMILES string of the molecule is [2H][C@@](Nc1cc(Cl)c2ncc(C#N)c(NCC3(C)CCOCC3)c2c1)(c1ccc(F)cc1)c1cn(C2CC2)nn1. The zero-order chi connectivity index (χ0) is 27.9. The zero-order valence-electron chi connectivity index (χ0n) is 22.5. The molecule has 0 unspecified atom stereocenters. The molecule has 0 bridgehead atoms. The lowest BCUT2D eigenvalue weighted by Crippen LogP contribution is -2.33. The largest absolute Gasteiger partial charge is 0.383 e. The lowest BCUT2D eigenvalue weighted by Gasteiger charge is -2.34. The van der Waals surface area contributed by atoms with Crippen LogP contribution in [0.15, 0.2) is 48.8 Å². The highest BCUT2D eigenvalue weighted by Crippen LogP contribution is 2.38. The van der Waals surface area contributed by atoms with Crippen LogP contribution in [0.1, 0.15) is 62.9 Å². The minimum atomic E-state index is -1.60. The Labute approximate surface area is 232 Å². The van der Waals surface area contributed by atoms with Crippen LogP contribution in [0.2, 0.25) is 5.02 Å². The molecule has 6 rings (SSSR count). The maximum atomic E-state index is 13.8. The first kappa shape index (κ1) is 24.3. The van der Waals surface area contributed by atoms with E-state index in [1.165, 1.54) is 18.3 Å². The van der Waals surface area contributed by atoms with Gasteiger partial charge >= 0.3 is 0 Å². The predicted octanol–water partition coefficient (Wildman–Crippen LogP) is 6.26. The van der Waals surface area contributed by atoms with Gasteiger partial charge in [0.1, 0.15) is 17.6 Å². The van der Waals surface area contributed by atoms with E-state index in [-0.39, 0.29) is 11.5 Å². The molecule has 1 aliphatic carbocycles. The van der Waals surface area contributed by atoms with Gasteiger partial charge in [-0.25, -0.2) is 9.07 Å². The van der Waals surface area contributed by atoms with E-state index >= 15 is 0 Å². The van der Waals surface area contributed by atoms with E-state index in [0.717, 1.165) is 25.7 Å². The molecule has 39 heavy (non-hydrogen) atoms. The zero-order valence-corrected chi connectivity index (χ0v) is 22.3. The molecule has 8 nitrogen and oxygen atoms in total. The van der Waals surface area contributed by atoms with Crippen molar-refractivity contribution in [1.82, 2.24) is 20.0 Å². The highest BCUT2D eigenvalue weighted by atomic mass is 35.5. The molecule has 10 heteroatoms. The topological polar surface area (TPSA) is 101 Å². The van der Waals surface area contributed by atoms with Crippen LogP contribution < -0.4 is 10.6 Å². The molecule has 2 N–H and O–H groups in total. The van der Waals surface area contributed by atoms with Crippen LogP contribution in [0, 0.1) is 22.6 Å². The number of benzene rings is 2. The van der Waals surface area contributed by atoms with Gasteiger partial charge in [-0.15, -0.1) is 5.10 Å². The summed E-state index contributed by atoms with van der Waals surface area (Å²) in [7, 11) is 0. The fourth-order valence-corrected chi connectivity index (χ4v) is 5.17. The van der Waals surface area contributed by atoms with Gasteiger partial charge in [0.15, 0.2) is 0 Å². The third kappa shape index (κ3) is 5.40. The molecular formula is C29H29ClFN7O. The van der Waals surface area contributed by atoms with Crippen molar-refractivity contribution in [3.8, 4) is 6.07 Å². The molecule has 0 amide bonds. The summed E-state index contributed by atoms with van der Waals surface area (Å²) in [5, 5.41) is 26.3. The monoisotopic (exact) mass is 546 g/mol. The first-order chi connectivity index (χ1) is 19.3. The maximum Gasteiger partial charge on any atom is 0.123 e. The summed E-state index contributed by atoms with van der Waals surface area (Å²) in [5.41, 5.74) is 2.99. The number of nitrogens with one attached hydrogen (secondary N) is 2. The standard InChI is InChI=1S/C29H29ClFN7O/c1-29(8-10-39-11-9-29)17-34-26-19(14-32)15-33-28-23(26)12-21(13-24(28)30)35-27(18-2-4-20(31)5-3-18)25-16-38(37-36-25)22-6-7-22/h2-5,12-13,15-16,22,27,35H,6-11,17H2,1H3,(H,33,34)/t27-/m1/s1/i27D. The number of anilines is 2. The number of fused-ring (bicyclic) bond motifs is 1. The summed E-state index contributed by atoms with van der Waals surface area (Å²) in [6.45, 7) is 4.28. The van der Waals surface area contributed by atoms with Gasteiger partial charge in [0, 0.05) is 37.0 Å². The van der Waals surface area contributed by atoms with Gasteiger partial charge in [0.25, 0.3) is 0 Å². The van der Waals surface area contributed by atoms with Crippen molar-refractivity contribution < 1.29 is 10.5 Å². The van der Waals surface area contributed by atoms with E-state index in [1.807, 2.05) is 6.07 Å². The second-order valence-electron chi connectivity index (χ2n) is 10.6. The summed E-state index contributed by atoms with van der Waals surface area (Å²) in [5.74, 6) is -0.398. The van der Waals surface area contributed by atoms with Crippen molar-refractivity contribution in [2.75, 3.05) is 30.4 Å². The number of halogens is 2. The molecule has 200 valence electrons. The molecule has 1 saturated heterocycles. The van der Waals surface area contributed by atoms with Crippen LogP contribution in [0.3, 0.4) is 0 Å². The molecule has 4 aromatic rings. The lowest BCUT2D eigenvalue weighted by atomic mass is 9.82. The molecule has 1 aliphatic heterocycles.